The number of carbonyl (C=O) groups is 1. The smallest absolute Gasteiger partial charge is 0.270 e. The minimum absolute atomic E-state index is 0.0747. The molecule has 1 saturated heterocycles. The van der Waals surface area contributed by atoms with Crippen molar-refractivity contribution in [3.63, 3.8) is 0 Å². The zero-order valence-corrected chi connectivity index (χ0v) is 11.2. The summed E-state index contributed by atoms with van der Waals surface area (Å²) in [5.41, 5.74) is 0.908. The molecule has 1 atom stereocenters. The standard InChI is InChI=1S/C13H17N3O4/c1-9-4-10(6-12(5-9)16(18)19)13(17)15-7-11-8-20-3-2-14-11/h4-6,11,14H,2-3,7-8H2,1H3,(H,15,17). The number of benzene rings is 1. The fourth-order valence-corrected chi connectivity index (χ4v) is 2.07. The van der Waals surface area contributed by atoms with Crippen molar-refractivity contribution < 1.29 is 14.5 Å². The summed E-state index contributed by atoms with van der Waals surface area (Å²) < 4.78 is 5.29. The number of hydrogen-bond acceptors (Lipinski definition) is 5. The molecular formula is C13H17N3O4. The van der Waals surface area contributed by atoms with Crippen molar-refractivity contribution in [3.8, 4) is 0 Å². The summed E-state index contributed by atoms with van der Waals surface area (Å²) in [6, 6.07) is 4.43. The van der Waals surface area contributed by atoms with Gasteiger partial charge in [-0.15, -0.1) is 0 Å². The predicted molar refractivity (Wildman–Crippen MR) is 72.8 cm³/mol. The zero-order valence-electron chi connectivity index (χ0n) is 11.2. The molecule has 1 aliphatic rings. The highest BCUT2D eigenvalue weighted by atomic mass is 16.6. The topological polar surface area (TPSA) is 93.5 Å². The third-order valence-corrected chi connectivity index (χ3v) is 3.04. The van der Waals surface area contributed by atoms with Gasteiger partial charge in [0.05, 0.1) is 18.1 Å². The van der Waals surface area contributed by atoms with E-state index in [-0.39, 0.29) is 17.6 Å². The second kappa shape index (κ2) is 6.44. The average molecular weight is 279 g/mol. The molecule has 20 heavy (non-hydrogen) atoms. The Bertz CT molecular complexity index is 512. The van der Waals surface area contributed by atoms with Gasteiger partial charge in [-0.3, -0.25) is 14.9 Å². The molecule has 0 radical (unpaired) electrons. The van der Waals surface area contributed by atoms with Crippen LogP contribution in [0.5, 0.6) is 0 Å². The summed E-state index contributed by atoms with van der Waals surface area (Å²) in [5.74, 6) is -0.316. The van der Waals surface area contributed by atoms with Crippen LogP contribution in [0.2, 0.25) is 0 Å². The lowest BCUT2D eigenvalue weighted by molar-refractivity contribution is -0.384. The Labute approximate surface area is 116 Å². The van der Waals surface area contributed by atoms with E-state index < -0.39 is 4.92 Å². The minimum atomic E-state index is -0.500. The quantitative estimate of drug-likeness (QED) is 0.622. The van der Waals surface area contributed by atoms with Gasteiger partial charge in [-0.1, -0.05) is 0 Å². The van der Waals surface area contributed by atoms with E-state index in [0.717, 1.165) is 6.54 Å². The monoisotopic (exact) mass is 279 g/mol. The van der Waals surface area contributed by atoms with E-state index in [2.05, 4.69) is 10.6 Å². The van der Waals surface area contributed by atoms with Gasteiger partial charge in [-0.25, -0.2) is 0 Å². The molecule has 0 aromatic heterocycles. The maximum atomic E-state index is 12.0. The van der Waals surface area contributed by atoms with E-state index in [1.807, 2.05) is 0 Å². The van der Waals surface area contributed by atoms with Crippen molar-refractivity contribution in [3.05, 3.63) is 39.4 Å². The highest BCUT2D eigenvalue weighted by Crippen LogP contribution is 2.16. The first-order chi connectivity index (χ1) is 9.56. The molecular weight excluding hydrogens is 262 g/mol. The maximum absolute atomic E-state index is 12.0. The molecule has 1 aliphatic heterocycles. The lowest BCUT2D eigenvalue weighted by atomic mass is 10.1. The minimum Gasteiger partial charge on any atom is -0.378 e. The number of rotatable bonds is 4. The Morgan fingerprint density at radius 1 is 1.55 bits per heavy atom. The lowest BCUT2D eigenvalue weighted by Crippen LogP contribution is -2.48. The molecule has 7 heteroatoms. The van der Waals surface area contributed by atoms with Crippen LogP contribution in [-0.2, 0) is 4.74 Å². The van der Waals surface area contributed by atoms with E-state index >= 15 is 0 Å². The summed E-state index contributed by atoms with van der Waals surface area (Å²) in [7, 11) is 0. The van der Waals surface area contributed by atoms with Gasteiger partial charge in [0, 0.05) is 36.8 Å². The molecule has 0 saturated carbocycles. The van der Waals surface area contributed by atoms with Gasteiger partial charge in [0.2, 0.25) is 0 Å². The number of non-ortho nitro benzene ring substituents is 1. The third kappa shape index (κ3) is 3.75. The number of hydrogen-bond donors (Lipinski definition) is 2. The van der Waals surface area contributed by atoms with E-state index in [1.165, 1.54) is 12.1 Å². The Morgan fingerprint density at radius 3 is 3.00 bits per heavy atom. The second-order valence-corrected chi connectivity index (χ2v) is 4.75. The van der Waals surface area contributed by atoms with Crippen molar-refractivity contribution >= 4 is 11.6 Å². The molecule has 0 aliphatic carbocycles. The molecule has 7 nitrogen and oxygen atoms in total. The number of carbonyl (C=O) groups excluding carboxylic acids is 1. The van der Waals surface area contributed by atoms with Crippen molar-refractivity contribution in [2.75, 3.05) is 26.3 Å². The Balaban J connectivity index is 1.99. The molecule has 1 amide bonds. The molecule has 1 aromatic carbocycles. The van der Waals surface area contributed by atoms with Gasteiger partial charge < -0.3 is 15.4 Å². The molecule has 1 aromatic rings. The fourth-order valence-electron chi connectivity index (χ4n) is 2.07. The van der Waals surface area contributed by atoms with E-state index in [0.29, 0.717) is 30.9 Å². The molecule has 0 spiro atoms. The fraction of sp³-hybridized carbons (Fsp3) is 0.462. The SMILES string of the molecule is Cc1cc(C(=O)NCC2COCCN2)cc([N+](=O)[O-])c1. The van der Waals surface area contributed by atoms with Crippen LogP contribution in [-0.4, -0.2) is 43.2 Å². The Hall–Kier alpha value is -1.99. The molecule has 1 unspecified atom stereocenters. The molecule has 2 rings (SSSR count). The van der Waals surface area contributed by atoms with Crippen LogP contribution in [0.25, 0.3) is 0 Å². The Kier molecular flexibility index (Phi) is 4.65. The summed E-state index contributed by atoms with van der Waals surface area (Å²) in [4.78, 5) is 22.3. The largest absolute Gasteiger partial charge is 0.378 e. The van der Waals surface area contributed by atoms with E-state index in [4.69, 9.17) is 4.74 Å². The van der Waals surface area contributed by atoms with Crippen LogP contribution in [0, 0.1) is 17.0 Å². The normalized spacial score (nSPS) is 18.6. The van der Waals surface area contributed by atoms with Crippen LogP contribution in [0.15, 0.2) is 18.2 Å². The molecule has 1 heterocycles. The van der Waals surface area contributed by atoms with Crippen molar-refractivity contribution in [2.24, 2.45) is 0 Å². The van der Waals surface area contributed by atoms with Crippen LogP contribution in [0.1, 0.15) is 15.9 Å². The molecule has 1 fully saturated rings. The Morgan fingerprint density at radius 2 is 2.35 bits per heavy atom. The summed E-state index contributed by atoms with van der Waals surface area (Å²) in [5, 5.41) is 16.8. The number of ether oxygens (including phenoxy) is 1. The lowest BCUT2D eigenvalue weighted by Gasteiger charge is -2.23. The van der Waals surface area contributed by atoms with Crippen molar-refractivity contribution in [2.45, 2.75) is 13.0 Å². The van der Waals surface area contributed by atoms with Crippen LogP contribution in [0.4, 0.5) is 5.69 Å². The van der Waals surface area contributed by atoms with Gasteiger partial charge >= 0.3 is 0 Å². The summed E-state index contributed by atoms with van der Waals surface area (Å²) in [6.45, 7) is 4.14. The molecule has 0 bridgehead atoms. The number of aryl methyl sites for hydroxylation is 1. The number of morpholine rings is 1. The number of amides is 1. The zero-order chi connectivity index (χ0) is 14.5. The number of nitro benzene ring substituents is 1. The average Bonchev–Trinajstić information content (AvgIpc) is 2.45. The van der Waals surface area contributed by atoms with Gasteiger partial charge in [-0.05, 0) is 18.6 Å². The molecule has 2 N–H and O–H groups in total. The first-order valence-corrected chi connectivity index (χ1v) is 6.41. The highest BCUT2D eigenvalue weighted by molar-refractivity contribution is 5.95. The maximum Gasteiger partial charge on any atom is 0.270 e. The van der Waals surface area contributed by atoms with Gasteiger partial charge in [0.15, 0.2) is 0 Å². The number of nitro groups is 1. The van der Waals surface area contributed by atoms with E-state index in [9.17, 15) is 14.9 Å². The number of nitrogens with one attached hydrogen (secondary N) is 2. The summed E-state index contributed by atoms with van der Waals surface area (Å²) in [6.07, 6.45) is 0. The highest BCUT2D eigenvalue weighted by Gasteiger charge is 2.16. The number of nitrogens with zero attached hydrogens (tertiary/aromatic N) is 1. The summed E-state index contributed by atoms with van der Waals surface area (Å²) >= 11 is 0. The van der Waals surface area contributed by atoms with E-state index in [1.54, 1.807) is 13.0 Å². The van der Waals surface area contributed by atoms with Gasteiger partial charge in [-0.2, -0.15) is 0 Å². The van der Waals surface area contributed by atoms with Crippen molar-refractivity contribution in [1.29, 1.82) is 0 Å². The van der Waals surface area contributed by atoms with Crippen molar-refractivity contribution in [1.82, 2.24) is 10.6 Å². The van der Waals surface area contributed by atoms with Gasteiger partial charge in [0.25, 0.3) is 11.6 Å². The predicted octanol–water partition coefficient (Wildman–Crippen LogP) is 0.621. The van der Waals surface area contributed by atoms with Crippen LogP contribution in [0.3, 0.4) is 0 Å². The van der Waals surface area contributed by atoms with Crippen LogP contribution < -0.4 is 10.6 Å². The third-order valence-electron chi connectivity index (χ3n) is 3.04. The van der Waals surface area contributed by atoms with Gasteiger partial charge in [0.1, 0.15) is 0 Å². The molecule has 108 valence electrons. The first-order valence-electron chi connectivity index (χ1n) is 6.41. The van der Waals surface area contributed by atoms with Crippen LogP contribution >= 0.6 is 0 Å². The first kappa shape index (κ1) is 14.4. The second-order valence-electron chi connectivity index (χ2n) is 4.75.